The third kappa shape index (κ3) is 2.34. The Morgan fingerprint density at radius 2 is 2.11 bits per heavy atom. The Bertz CT molecular complexity index is 508. The van der Waals surface area contributed by atoms with Crippen LogP contribution in [-0.2, 0) is 16.1 Å². The highest BCUT2D eigenvalue weighted by Crippen LogP contribution is 2.39. The van der Waals surface area contributed by atoms with Gasteiger partial charge in [-0.3, -0.25) is 19.2 Å². The second kappa shape index (κ2) is 4.68. The molecule has 2 amide bonds. The number of anilines is 1. The number of amides is 2. The highest BCUT2D eigenvalue weighted by atomic mass is 16.2. The first-order chi connectivity index (χ1) is 8.84. The zero-order chi connectivity index (χ0) is 14.2. The lowest BCUT2D eigenvalue weighted by molar-refractivity contribution is -0.142. The van der Waals surface area contributed by atoms with Crippen molar-refractivity contribution in [2.24, 2.45) is 11.3 Å². The zero-order valence-electron chi connectivity index (χ0n) is 11.6. The first-order valence-electron chi connectivity index (χ1n) is 6.47. The first-order valence-corrected chi connectivity index (χ1v) is 6.47. The standard InChI is InChI=1S/C13H20N4O2/c1-9(2)13(3)6-11(18)17(12(13)19)5-4-16-8-10(14)7-15-16/h7-9H,4-6,14H2,1-3H3. The van der Waals surface area contributed by atoms with Gasteiger partial charge in [0, 0.05) is 19.2 Å². The van der Waals surface area contributed by atoms with E-state index in [9.17, 15) is 9.59 Å². The molecule has 0 radical (unpaired) electrons. The van der Waals surface area contributed by atoms with Crippen molar-refractivity contribution in [2.75, 3.05) is 12.3 Å². The third-order valence-electron chi connectivity index (χ3n) is 4.03. The van der Waals surface area contributed by atoms with Gasteiger partial charge in [0.15, 0.2) is 0 Å². The molecule has 1 aromatic heterocycles. The van der Waals surface area contributed by atoms with Crippen molar-refractivity contribution in [3.05, 3.63) is 12.4 Å². The molecule has 2 N–H and O–H groups in total. The van der Waals surface area contributed by atoms with Gasteiger partial charge in [-0.05, 0) is 12.8 Å². The van der Waals surface area contributed by atoms with E-state index in [1.54, 1.807) is 17.1 Å². The summed E-state index contributed by atoms with van der Waals surface area (Å²) in [6.45, 7) is 6.64. The van der Waals surface area contributed by atoms with E-state index in [2.05, 4.69) is 5.10 Å². The van der Waals surface area contributed by atoms with Crippen molar-refractivity contribution < 1.29 is 9.59 Å². The fraction of sp³-hybridized carbons (Fsp3) is 0.615. The van der Waals surface area contributed by atoms with Crippen LogP contribution >= 0.6 is 0 Å². The summed E-state index contributed by atoms with van der Waals surface area (Å²) in [5, 5.41) is 4.04. The smallest absolute Gasteiger partial charge is 0.235 e. The van der Waals surface area contributed by atoms with Crippen LogP contribution in [0.1, 0.15) is 27.2 Å². The molecule has 1 saturated heterocycles. The van der Waals surface area contributed by atoms with Crippen LogP contribution in [0.5, 0.6) is 0 Å². The molecule has 1 aliphatic heterocycles. The number of hydrogen-bond donors (Lipinski definition) is 1. The number of hydrogen-bond acceptors (Lipinski definition) is 4. The van der Waals surface area contributed by atoms with Crippen molar-refractivity contribution in [3.63, 3.8) is 0 Å². The van der Waals surface area contributed by atoms with Crippen LogP contribution in [-0.4, -0.2) is 33.0 Å². The number of imide groups is 1. The number of rotatable bonds is 4. The summed E-state index contributed by atoms with van der Waals surface area (Å²) in [7, 11) is 0. The summed E-state index contributed by atoms with van der Waals surface area (Å²) in [5.41, 5.74) is 5.57. The molecule has 2 heterocycles. The molecule has 0 aromatic carbocycles. The molecule has 0 spiro atoms. The van der Waals surface area contributed by atoms with Crippen LogP contribution in [0.4, 0.5) is 5.69 Å². The minimum absolute atomic E-state index is 0.0763. The van der Waals surface area contributed by atoms with Crippen molar-refractivity contribution in [2.45, 2.75) is 33.7 Å². The molecular weight excluding hydrogens is 244 g/mol. The number of likely N-dealkylation sites (tertiary alicyclic amines) is 1. The van der Waals surface area contributed by atoms with Gasteiger partial charge < -0.3 is 5.73 Å². The molecular formula is C13H20N4O2. The molecule has 0 saturated carbocycles. The third-order valence-corrected chi connectivity index (χ3v) is 4.03. The van der Waals surface area contributed by atoms with Crippen molar-refractivity contribution in [1.82, 2.24) is 14.7 Å². The van der Waals surface area contributed by atoms with E-state index in [0.29, 0.717) is 25.2 Å². The Hall–Kier alpha value is -1.85. The molecule has 6 heteroatoms. The molecule has 2 rings (SSSR count). The lowest BCUT2D eigenvalue weighted by Gasteiger charge is -2.26. The minimum atomic E-state index is -0.569. The van der Waals surface area contributed by atoms with Gasteiger partial charge in [-0.25, -0.2) is 0 Å². The van der Waals surface area contributed by atoms with E-state index in [4.69, 9.17) is 5.73 Å². The molecule has 0 aliphatic carbocycles. The van der Waals surface area contributed by atoms with Crippen LogP contribution in [0, 0.1) is 11.3 Å². The summed E-state index contributed by atoms with van der Waals surface area (Å²) in [4.78, 5) is 25.7. The van der Waals surface area contributed by atoms with E-state index >= 15 is 0 Å². The number of nitrogens with two attached hydrogens (primary N) is 1. The van der Waals surface area contributed by atoms with Gasteiger partial charge in [-0.1, -0.05) is 13.8 Å². The summed E-state index contributed by atoms with van der Waals surface area (Å²) in [5.74, 6) is -0.0248. The van der Waals surface area contributed by atoms with E-state index in [0.717, 1.165) is 0 Å². The van der Waals surface area contributed by atoms with Crippen LogP contribution in [0.3, 0.4) is 0 Å². The zero-order valence-corrected chi connectivity index (χ0v) is 11.6. The average molecular weight is 264 g/mol. The molecule has 1 aliphatic rings. The predicted octanol–water partition coefficient (Wildman–Crippen LogP) is 0.886. The van der Waals surface area contributed by atoms with Gasteiger partial charge in [0.1, 0.15) is 0 Å². The van der Waals surface area contributed by atoms with Gasteiger partial charge in [0.25, 0.3) is 0 Å². The Labute approximate surface area is 112 Å². The van der Waals surface area contributed by atoms with Crippen LogP contribution in [0.15, 0.2) is 12.4 Å². The summed E-state index contributed by atoms with van der Waals surface area (Å²) >= 11 is 0. The molecule has 0 bridgehead atoms. The average Bonchev–Trinajstić information content (AvgIpc) is 2.82. The number of carbonyl (C=O) groups is 2. The maximum absolute atomic E-state index is 12.4. The molecule has 1 aromatic rings. The lowest BCUT2D eigenvalue weighted by atomic mass is 9.78. The summed E-state index contributed by atoms with van der Waals surface area (Å²) in [6, 6.07) is 0. The molecule has 1 fully saturated rings. The van der Waals surface area contributed by atoms with Gasteiger partial charge in [-0.15, -0.1) is 0 Å². The molecule has 1 atom stereocenters. The number of nitrogen functional groups attached to an aromatic ring is 1. The highest BCUT2D eigenvalue weighted by Gasteiger charge is 2.49. The Morgan fingerprint density at radius 1 is 1.42 bits per heavy atom. The van der Waals surface area contributed by atoms with Crippen LogP contribution in [0.2, 0.25) is 0 Å². The highest BCUT2D eigenvalue weighted by molar-refractivity contribution is 6.05. The van der Waals surface area contributed by atoms with Crippen molar-refractivity contribution in [1.29, 1.82) is 0 Å². The van der Waals surface area contributed by atoms with E-state index in [1.165, 1.54) is 4.90 Å². The van der Waals surface area contributed by atoms with Gasteiger partial charge in [0.2, 0.25) is 11.8 Å². The topological polar surface area (TPSA) is 81.2 Å². The fourth-order valence-electron chi connectivity index (χ4n) is 2.29. The lowest BCUT2D eigenvalue weighted by Crippen LogP contribution is -2.38. The fourth-order valence-corrected chi connectivity index (χ4v) is 2.29. The van der Waals surface area contributed by atoms with Crippen molar-refractivity contribution >= 4 is 17.5 Å². The molecule has 104 valence electrons. The van der Waals surface area contributed by atoms with Gasteiger partial charge >= 0.3 is 0 Å². The quantitative estimate of drug-likeness (QED) is 0.819. The largest absolute Gasteiger partial charge is 0.396 e. The Morgan fingerprint density at radius 3 is 2.58 bits per heavy atom. The molecule has 1 unspecified atom stereocenters. The van der Waals surface area contributed by atoms with Crippen molar-refractivity contribution in [3.8, 4) is 0 Å². The van der Waals surface area contributed by atoms with E-state index in [1.807, 2.05) is 20.8 Å². The first kappa shape index (κ1) is 13.6. The minimum Gasteiger partial charge on any atom is -0.396 e. The van der Waals surface area contributed by atoms with Crippen LogP contribution < -0.4 is 5.73 Å². The second-order valence-electron chi connectivity index (χ2n) is 5.64. The number of nitrogens with zero attached hydrogens (tertiary/aromatic N) is 3. The summed E-state index contributed by atoms with van der Waals surface area (Å²) in [6.07, 6.45) is 3.53. The Balaban J connectivity index is 2.05. The molecule has 6 nitrogen and oxygen atoms in total. The van der Waals surface area contributed by atoms with E-state index < -0.39 is 5.41 Å². The normalized spacial score (nSPS) is 23.7. The predicted molar refractivity (Wildman–Crippen MR) is 70.9 cm³/mol. The van der Waals surface area contributed by atoms with Gasteiger partial charge in [0.05, 0.1) is 23.8 Å². The van der Waals surface area contributed by atoms with E-state index in [-0.39, 0.29) is 17.7 Å². The van der Waals surface area contributed by atoms with Gasteiger partial charge in [-0.2, -0.15) is 5.10 Å². The van der Waals surface area contributed by atoms with Crippen LogP contribution in [0.25, 0.3) is 0 Å². The summed E-state index contributed by atoms with van der Waals surface area (Å²) < 4.78 is 1.64. The second-order valence-corrected chi connectivity index (χ2v) is 5.64. The maximum Gasteiger partial charge on any atom is 0.235 e. The number of aromatic nitrogens is 2. The number of carbonyl (C=O) groups excluding carboxylic acids is 2. The molecule has 19 heavy (non-hydrogen) atoms. The SMILES string of the molecule is CC(C)C1(C)CC(=O)N(CCn2cc(N)cn2)C1=O. The maximum atomic E-state index is 12.4. The Kier molecular flexibility index (Phi) is 3.34. The monoisotopic (exact) mass is 264 g/mol.